The lowest BCUT2D eigenvalue weighted by Gasteiger charge is -2.24. The fourth-order valence-electron chi connectivity index (χ4n) is 2.98. The Balaban J connectivity index is 1.76. The molecule has 0 atom stereocenters. The smallest absolute Gasteiger partial charge is 0.223 e. The van der Waals surface area contributed by atoms with Crippen LogP contribution in [-0.4, -0.2) is 10.5 Å². The molecule has 0 aliphatic heterocycles. The number of aryl methyl sites for hydroxylation is 1. The topological polar surface area (TPSA) is 34.0 Å². The molecule has 1 aliphatic rings. The van der Waals surface area contributed by atoms with Gasteiger partial charge in [0.05, 0.1) is 0 Å². The molecule has 1 N–H and O–H groups in total. The first-order valence-corrected chi connectivity index (χ1v) is 7.68. The fraction of sp³-hybridized carbons (Fsp3) is 0.389. The lowest BCUT2D eigenvalue weighted by atomic mass is 9.85. The molecule has 1 aromatic carbocycles. The van der Waals surface area contributed by atoms with Crippen LogP contribution in [0.15, 0.2) is 36.4 Å². The van der Waals surface area contributed by atoms with Gasteiger partial charge in [0.1, 0.15) is 0 Å². The summed E-state index contributed by atoms with van der Waals surface area (Å²) >= 11 is 0. The van der Waals surface area contributed by atoms with Crippen LogP contribution in [-0.2, 0) is 11.3 Å². The highest BCUT2D eigenvalue weighted by Gasteiger charge is 2.25. The number of hydrogen-bond donors (Lipinski definition) is 1. The maximum absolute atomic E-state index is 12.0. The number of amides is 1. The van der Waals surface area contributed by atoms with Crippen LogP contribution in [0.1, 0.15) is 36.2 Å². The maximum atomic E-state index is 12.0. The summed E-state index contributed by atoms with van der Waals surface area (Å²) < 4.78 is 2.24. The minimum Gasteiger partial charge on any atom is -0.352 e. The van der Waals surface area contributed by atoms with Gasteiger partial charge < -0.3 is 9.88 Å². The molecule has 1 heterocycles. The number of benzene rings is 1. The third-order valence-electron chi connectivity index (χ3n) is 4.48. The van der Waals surface area contributed by atoms with E-state index in [0.29, 0.717) is 6.54 Å². The Morgan fingerprint density at radius 2 is 1.95 bits per heavy atom. The SMILES string of the molecule is Cc1cc(CNC(=O)C2CCC2)c(C)n1-c1ccccc1. The molecule has 0 bridgehead atoms. The summed E-state index contributed by atoms with van der Waals surface area (Å²) in [6, 6.07) is 12.5. The van der Waals surface area contributed by atoms with Gasteiger partial charge in [0.15, 0.2) is 0 Å². The van der Waals surface area contributed by atoms with Crippen LogP contribution in [0, 0.1) is 19.8 Å². The van der Waals surface area contributed by atoms with Gasteiger partial charge in [-0.25, -0.2) is 0 Å². The number of para-hydroxylation sites is 1. The van der Waals surface area contributed by atoms with E-state index in [1.54, 1.807) is 0 Å². The van der Waals surface area contributed by atoms with Crippen molar-refractivity contribution in [1.82, 2.24) is 9.88 Å². The molecular weight excluding hydrogens is 260 g/mol. The summed E-state index contributed by atoms with van der Waals surface area (Å²) in [7, 11) is 0. The highest BCUT2D eigenvalue weighted by molar-refractivity contribution is 5.79. The zero-order chi connectivity index (χ0) is 14.8. The van der Waals surface area contributed by atoms with Gasteiger partial charge in [0.25, 0.3) is 0 Å². The molecule has 0 spiro atoms. The van der Waals surface area contributed by atoms with E-state index in [4.69, 9.17) is 0 Å². The number of carbonyl (C=O) groups is 1. The van der Waals surface area contributed by atoms with Gasteiger partial charge in [0.2, 0.25) is 5.91 Å². The largest absolute Gasteiger partial charge is 0.352 e. The Labute approximate surface area is 126 Å². The molecule has 2 aromatic rings. The highest BCUT2D eigenvalue weighted by atomic mass is 16.1. The van der Waals surface area contributed by atoms with Crippen LogP contribution < -0.4 is 5.32 Å². The maximum Gasteiger partial charge on any atom is 0.223 e. The van der Waals surface area contributed by atoms with E-state index in [1.165, 1.54) is 29.1 Å². The van der Waals surface area contributed by atoms with Crippen molar-refractivity contribution < 1.29 is 4.79 Å². The molecular formula is C18H22N2O. The number of rotatable bonds is 4. The number of carbonyl (C=O) groups excluding carboxylic acids is 1. The summed E-state index contributed by atoms with van der Waals surface area (Å²) in [5.74, 6) is 0.466. The van der Waals surface area contributed by atoms with Crippen molar-refractivity contribution in [3.63, 3.8) is 0 Å². The third kappa shape index (κ3) is 2.73. The zero-order valence-corrected chi connectivity index (χ0v) is 12.7. The minimum absolute atomic E-state index is 0.214. The molecule has 0 radical (unpaired) electrons. The van der Waals surface area contributed by atoms with Crippen molar-refractivity contribution in [2.75, 3.05) is 0 Å². The van der Waals surface area contributed by atoms with Gasteiger partial charge >= 0.3 is 0 Å². The summed E-state index contributed by atoms with van der Waals surface area (Å²) in [6.07, 6.45) is 3.30. The van der Waals surface area contributed by atoms with E-state index < -0.39 is 0 Å². The second-order valence-corrected chi connectivity index (χ2v) is 5.91. The second kappa shape index (κ2) is 5.76. The van der Waals surface area contributed by atoms with Gasteiger partial charge in [-0.2, -0.15) is 0 Å². The van der Waals surface area contributed by atoms with Crippen molar-refractivity contribution in [2.45, 2.75) is 39.7 Å². The summed E-state index contributed by atoms with van der Waals surface area (Å²) in [5, 5.41) is 3.08. The van der Waals surface area contributed by atoms with Gasteiger partial charge in [-0.05, 0) is 50.5 Å². The predicted octanol–water partition coefficient (Wildman–Crippen LogP) is 3.51. The first-order chi connectivity index (χ1) is 10.2. The number of aromatic nitrogens is 1. The van der Waals surface area contributed by atoms with E-state index in [9.17, 15) is 4.79 Å². The Morgan fingerprint density at radius 1 is 1.24 bits per heavy atom. The second-order valence-electron chi connectivity index (χ2n) is 5.91. The van der Waals surface area contributed by atoms with E-state index in [1.807, 2.05) is 18.2 Å². The summed E-state index contributed by atoms with van der Waals surface area (Å²) in [6.45, 7) is 4.85. The van der Waals surface area contributed by atoms with Crippen LogP contribution in [0.2, 0.25) is 0 Å². The molecule has 1 fully saturated rings. The Morgan fingerprint density at radius 3 is 2.57 bits per heavy atom. The Kier molecular flexibility index (Phi) is 3.82. The van der Waals surface area contributed by atoms with E-state index in [2.05, 4.69) is 41.9 Å². The van der Waals surface area contributed by atoms with Crippen molar-refractivity contribution in [2.24, 2.45) is 5.92 Å². The lowest BCUT2D eigenvalue weighted by Crippen LogP contribution is -2.34. The predicted molar refractivity (Wildman–Crippen MR) is 84.4 cm³/mol. The molecule has 1 amide bonds. The molecule has 1 aliphatic carbocycles. The zero-order valence-electron chi connectivity index (χ0n) is 12.7. The van der Waals surface area contributed by atoms with Crippen molar-refractivity contribution >= 4 is 5.91 Å². The molecule has 0 saturated heterocycles. The molecule has 3 rings (SSSR count). The molecule has 21 heavy (non-hydrogen) atoms. The van der Waals surface area contributed by atoms with Gasteiger partial charge in [0, 0.05) is 29.5 Å². The van der Waals surface area contributed by atoms with Gasteiger partial charge in [-0.3, -0.25) is 4.79 Å². The van der Waals surface area contributed by atoms with Crippen LogP contribution in [0.25, 0.3) is 5.69 Å². The van der Waals surface area contributed by atoms with Crippen LogP contribution >= 0.6 is 0 Å². The fourth-order valence-corrected chi connectivity index (χ4v) is 2.98. The third-order valence-corrected chi connectivity index (χ3v) is 4.48. The van der Waals surface area contributed by atoms with E-state index >= 15 is 0 Å². The Bertz CT molecular complexity index is 639. The van der Waals surface area contributed by atoms with Crippen molar-refractivity contribution in [1.29, 1.82) is 0 Å². The number of nitrogens with one attached hydrogen (secondary N) is 1. The Hall–Kier alpha value is -2.03. The first-order valence-electron chi connectivity index (χ1n) is 7.68. The monoisotopic (exact) mass is 282 g/mol. The number of hydrogen-bond acceptors (Lipinski definition) is 1. The van der Waals surface area contributed by atoms with Crippen molar-refractivity contribution in [3.8, 4) is 5.69 Å². The first kappa shape index (κ1) is 13.9. The number of nitrogens with zero attached hydrogens (tertiary/aromatic N) is 1. The minimum atomic E-state index is 0.214. The standard InChI is InChI=1S/C18H22N2O/c1-13-11-16(12-19-18(21)15-7-6-8-15)14(2)20(13)17-9-4-3-5-10-17/h3-5,9-11,15H,6-8,12H2,1-2H3,(H,19,21). The lowest BCUT2D eigenvalue weighted by molar-refractivity contribution is -0.127. The average Bonchev–Trinajstić information content (AvgIpc) is 2.70. The molecule has 1 saturated carbocycles. The molecule has 3 heteroatoms. The van der Waals surface area contributed by atoms with Crippen LogP contribution in [0.3, 0.4) is 0 Å². The molecule has 110 valence electrons. The average molecular weight is 282 g/mol. The molecule has 1 aromatic heterocycles. The normalized spacial score (nSPS) is 14.8. The van der Waals surface area contributed by atoms with Crippen LogP contribution in [0.4, 0.5) is 0 Å². The molecule has 3 nitrogen and oxygen atoms in total. The van der Waals surface area contributed by atoms with Gasteiger partial charge in [-0.1, -0.05) is 24.6 Å². The summed E-state index contributed by atoms with van der Waals surface area (Å²) in [5.41, 5.74) is 4.77. The van der Waals surface area contributed by atoms with E-state index in [0.717, 1.165) is 12.8 Å². The van der Waals surface area contributed by atoms with Crippen molar-refractivity contribution in [3.05, 3.63) is 53.3 Å². The van der Waals surface area contributed by atoms with E-state index in [-0.39, 0.29) is 11.8 Å². The molecule has 0 unspecified atom stereocenters. The van der Waals surface area contributed by atoms with Crippen LogP contribution in [0.5, 0.6) is 0 Å². The van der Waals surface area contributed by atoms with Gasteiger partial charge in [-0.15, -0.1) is 0 Å². The summed E-state index contributed by atoms with van der Waals surface area (Å²) in [4.78, 5) is 12.0. The highest BCUT2D eigenvalue weighted by Crippen LogP contribution is 2.26. The quantitative estimate of drug-likeness (QED) is 0.915.